The minimum Gasteiger partial charge on any atom is -0.339 e. The molecule has 1 N–H and O–H groups in total. The SMILES string of the molecule is CNCCc1noc(C2CCSC2)n1. The summed E-state index contributed by atoms with van der Waals surface area (Å²) in [6.07, 6.45) is 2.03. The van der Waals surface area contributed by atoms with Crippen molar-refractivity contribution in [2.24, 2.45) is 0 Å². The predicted octanol–water partition coefficient (Wildman–Crippen LogP) is 1.05. The van der Waals surface area contributed by atoms with Gasteiger partial charge in [0, 0.05) is 24.6 Å². The van der Waals surface area contributed by atoms with Gasteiger partial charge in [0.1, 0.15) is 0 Å². The molecule has 78 valence electrons. The summed E-state index contributed by atoms with van der Waals surface area (Å²) in [6, 6.07) is 0. The molecule has 0 saturated carbocycles. The lowest BCUT2D eigenvalue weighted by Gasteiger charge is -1.98. The Morgan fingerprint density at radius 2 is 2.57 bits per heavy atom. The van der Waals surface area contributed by atoms with Gasteiger partial charge >= 0.3 is 0 Å². The van der Waals surface area contributed by atoms with Crippen molar-refractivity contribution in [3.8, 4) is 0 Å². The van der Waals surface area contributed by atoms with Crippen LogP contribution in [0.5, 0.6) is 0 Å². The monoisotopic (exact) mass is 213 g/mol. The molecule has 5 heteroatoms. The zero-order valence-electron chi connectivity index (χ0n) is 8.32. The van der Waals surface area contributed by atoms with Crippen LogP contribution in [0.4, 0.5) is 0 Å². The fraction of sp³-hybridized carbons (Fsp3) is 0.778. The van der Waals surface area contributed by atoms with Gasteiger partial charge in [-0.05, 0) is 19.2 Å². The van der Waals surface area contributed by atoms with E-state index in [0.29, 0.717) is 5.92 Å². The Kier molecular flexibility index (Phi) is 3.42. The topological polar surface area (TPSA) is 51.0 Å². The quantitative estimate of drug-likeness (QED) is 0.810. The molecule has 1 aliphatic heterocycles. The summed E-state index contributed by atoms with van der Waals surface area (Å²) in [5.74, 6) is 4.51. The van der Waals surface area contributed by atoms with E-state index in [-0.39, 0.29) is 0 Å². The number of hydrogen-bond donors (Lipinski definition) is 1. The highest BCUT2D eigenvalue weighted by atomic mass is 32.2. The van der Waals surface area contributed by atoms with Crippen LogP contribution in [0.2, 0.25) is 0 Å². The number of hydrogen-bond acceptors (Lipinski definition) is 5. The Hall–Kier alpha value is -0.550. The molecule has 1 unspecified atom stereocenters. The molecule has 0 radical (unpaired) electrons. The minimum atomic E-state index is 0.496. The Morgan fingerprint density at radius 1 is 1.64 bits per heavy atom. The molecule has 2 rings (SSSR count). The van der Waals surface area contributed by atoms with Gasteiger partial charge in [-0.2, -0.15) is 16.7 Å². The molecule has 4 nitrogen and oxygen atoms in total. The van der Waals surface area contributed by atoms with Crippen LogP contribution in [0, 0.1) is 0 Å². The summed E-state index contributed by atoms with van der Waals surface area (Å²) in [7, 11) is 1.93. The summed E-state index contributed by atoms with van der Waals surface area (Å²) in [6.45, 7) is 0.901. The van der Waals surface area contributed by atoms with Gasteiger partial charge in [0.2, 0.25) is 5.89 Å². The molecule has 1 aromatic heterocycles. The molecular formula is C9H15N3OS. The van der Waals surface area contributed by atoms with E-state index in [4.69, 9.17) is 4.52 Å². The van der Waals surface area contributed by atoms with Crippen molar-refractivity contribution in [1.82, 2.24) is 15.5 Å². The molecule has 0 aromatic carbocycles. The highest BCUT2D eigenvalue weighted by molar-refractivity contribution is 7.99. The largest absolute Gasteiger partial charge is 0.339 e. The van der Waals surface area contributed by atoms with Gasteiger partial charge in [0.25, 0.3) is 0 Å². The second-order valence-corrected chi connectivity index (χ2v) is 4.61. The Balaban J connectivity index is 1.94. The highest BCUT2D eigenvalue weighted by Crippen LogP contribution is 2.31. The molecule has 14 heavy (non-hydrogen) atoms. The van der Waals surface area contributed by atoms with Gasteiger partial charge in [0.05, 0.1) is 0 Å². The Morgan fingerprint density at radius 3 is 3.29 bits per heavy atom. The van der Waals surface area contributed by atoms with Crippen LogP contribution >= 0.6 is 11.8 Å². The first kappa shape index (κ1) is 9.98. The molecule has 1 saturated heterocycles. The molecule has 0 bridgehead atoms. The summed E-state index contributed by atoms with van der Waals surface area (Å²) in [4.78, 5) is 4.40. The Labute approximate surface area is 87.8 Å². The third-order valence-corrected chi connectivity index (χ3v) is 3.52. The zero-order valence-corrected chi connectivity index (χ0v) is 9.14. The van der Waals surface area contributed by atoms with Crippen LogP contribution in [-0.2, 0) is 6.42 Å². The van der Waals surface area contributed by atoms with Crippen LogP contribution in [0.15, 0.2) is 4.52 Å². The Bertz CT molecular complexity index is 283. The maximum absolute atomic E-state index is 5.24. The predicted molar refractivity (Wildman–Crippen MR) is 56.6 cm³/mol. The lowest BCUT2D eigenvalue weighted by molar-refractivity contribution is 0.356. The fourth-order valence-corrected chi connectivity index (χ4v) is 2.71. The van der Waals surface area contributed by atoms with Crippen molar-refractivity contribution in [3.63, 3.8) is 0 Å². The van der Waals surface area contributed by atoms with Gasteiger partial charge in [-0.25, -0.2) is 0 Å². The van der Waals surface area contributed by atoms with Crippen LogP contribution in [0.1, 0.15) is 24.1 Å². The van der Waals surface area contributed by atoms with Gasteiger partial charge in [-0.15, -0.1) is 0 Å². The van der Waals surface area contributed by atoms with E-state index in [1.807, 2.05) is 18.8 Å². The summed E-state index contributed by atoms with van der Waals surface area (Å²) in [5.41, 5.74) is 0. The van der Waals surface area contributed by atoms with E-state index in [1.54, 1.807) is 0 Å². The molecule has 2 heterocycles. The van der Waals surface area contributed by atoms with Crippen LogP contribution in [-0.4, -0.2) is 35.2 Å². The first-order valence-electron chi connectivity index (χ1n) is 4.95. The number of thioether (sulfide) groups is 1. The van der Waals surface area contributed by atoms with Crippen molar-refractivity contribution in [2.45, 2.75) is 18.8 Å². The average Bonchev–Trinajstić information content (AvgIpc) is 2.85. The van der Waals surface area contributed by atoms with Gasteiger partial charge < -0.3 is 9.84 Å². The van der Waals surface area contributed by atoms with E-state index in [0.717, 1.165) is 30.4 Å². The van der Waals surface area contributed by atoms with Gasteiger partial charge in [0.15, 0.2) is 5.82 Å². The zero-order chi connectivity index (χ0) is 9.80. The van der Waals surface area contributed by atoms with Gasteiger partial charge in [-0.1, -0.05) is 5.16 Å². The second-order valence-electron chi connectivity index (χ2n) is 3.46. The van der Waals surface area contributed by atoms with Crippen molar-refractivity contribution in [3.05, 3.63) is 11.7 Å². The lowest BCUT2D eigenvalue weighted by Crippen LogP contribution is -2.11. The summed E-state index contributed by atoms with van der Waals surface area (Å²) in [5, 5.41) is 7.03. The third-order valence-electron chi connectivity index (χ3n) is 2.36. The van der Waals surface area contributed by atoms with Crippen LogP contribution in [0.3, 0.4) is 0 Å². The van der Waals surface area contributed by atoms with Crippen molar-refractivity contribution in [2.75, 3.05) is 25.1 Å². The normalized spacial score (nSPS) is 21.6. The van der Waals surface area contributed by atoms with E-state index < -0.39 is 0 Å². The van der Waals surface area contributed by atoms with Crippen molar-refractivity contribution >= 4 is 11.8 Å². The van der Waals surface area contributed by atoms with Gasteiger partial charge in [-0.3, -0.25) is 0 Å². The van der Waals surface area contributed by atoms with E-state index in [2.05, 4.69) is 15.5 Å². The smallest absolute Gasteiger partial charge is 0.230 e. The molecule has 0 amide bonds. The van der Waals surface area contributed by atoms with Crippen LogP contribution < -0.4 is 5.32 Å². The second kappa shape index (κ2) is 4.79. The molecular weight excluding hydrogens is 198 g/mol. The maximum Gasteiger partial charge on any atom is 0.230 e. The first-order valence-corrected chi connectivity index (χ1v) is 6.10. The first-order chi connectivity index (χ1) is 6.90. The van der Waals surface area contributed by atoms with Crippen molar-refractivity contribution in [1.29, 1.82) is 0 Å². The number of aromatic nitrogens is 2. The third kappa shape index (κ3) is 2.27. The lowest BCUT2D eigenvalue weighted by atomic mass is 10.1. The van der Waals surface area contributed by atoms with E-state index in [1.165, 1.54) is 12.2 Å². The molecule has 1 atom stereocenters. The number of rotatable bonds is 4. The molecule has 0 aliphatic carbocycles. The highest BCUT2D eigenvalue weighted by Gasteiger charge is 2.23. The number of nitrogens with one attached hydrogen (secondary N) is 1. The van der Waals surface area contributed by atoms with E-state index >= 15 is 0 Å². The summed E-state index contributed by atoms with van der Waals surface area (Å²) >= 11 is 1.96. The molecule has 1 aliphatic rings. The van der Waals surface area contributed by atoms with Crippen molar-refractivity contribution < 1.29 is 4.52 Å². The standard InChI is InChI=1S/C9H15N3OS/c1-10-4-2-8-11-9(13-12-8)7-3-5-14-6-7/h7,10H,2-6H2,1H3. The fourth-order valence-electron chi connectivity index (χ4n) is 1.50. The average molecular weight is 213 g/mol. The molecule has 0 spiro atoms. The minimum absolute atomic E-state index is 0.496. The maximum atomic E-state index is 5.24. The van der Waals surface area contributed by atoms with E-state index in [9.17, 15) is 0 Å². The van der Waals surface area contributed by atoms with Crippen LogP contribution in [0.25, 0.3) is 0 Å². The summed E-state index contributed by atoms with van der Waals surface area (Å²) < 4.78 is 5.24. The number of nitrogens with zero attached hydrogens (tertiary/aromatic N) is 2. The molecule has 1 aromatic rings. The number of likely N-dealkylation sites (N-methyl/N-ethyl adjacent to an activating group) is 1. The molecule has 1 fully saturated rings.